The third-order valence-corrected chi connectivity index (χ3v) is 5.06. The molecule has 12 nitrogen and oxygen atoms in total. The van der Waals surface area contributed by atoms with Gasteiger partial charge in [0.1, 0.15) is 18.1 Å². The maximum Gasteiger partial charge on any atom is 0.327 e. The van der Waals surface area contributed by atoms with Crippen molar-refractivity contribution in [3.8, 4) is 0 Å². The number of aliphatic hydroxyl groups is 1. The summed E-state index contributed by atoms with van der Waals surface area (Å²) in [6, 6.07) is -5.19. The number of nitrogens with two attached hydrogens (primary N) is 1. The highest BCUT2D eigenvalue weighted by Gasteiger charge is 2.33. The summed E-state index contributed by atoms with van der Waals surface area (Å²) in [6.45, 7) is 4.82. The minimum atomic E-state index is -1.47. The molecule has 0 aromatic rings. The zero-order chi connectivity index (χ0) is 24.3. The first-order chi connectivity index (χ1) is 14.3. The van der Waals surface area contributed by atoms with Crippen molar-refractivity contribution in [1.82, 2.24) is 16.0 Å². The number of nitrogens with one attached hydrogen (secondary N) is 3. The molecule has 0 aliphatic rings. The topological polar surface area (TPSA) is 208 Å². The van der Waals surface area contributed by atoms with Crippen molar-refractivity contribution in [2.75, 3.05) is 5.75 Å². The summed E-state index contributed by atoms with van der Waals surface area (Å²) in [6.07, 6.45) is -1.60. The molecule has 0 aliphatic heterocycles. The van der Waals surface area contributed by atoms with Crippen LogP contribution in [0.5, 0.6) is 0 Å². The maximum atomic E-state index is 12.6. The van der Waals surface area contributed by atoms with Crippen molar-refractivity contribution in [3.05, 3.63) is 0 Å². The van der Waals surface area contributed by atoms with Gasteiger partial charge in [-0.25, -0.2) is 4.79 Å². The second kappa shape index (κ2) is 13.8. The van der Waals surface area contributed by atoms with Crippen molar-refractivity contribution < 1.29 is 39.3 Å². The molecule has 0 radical (unpaired) electrons. The lowest BCUT2D eigenvalue weighted by atomic mass is 9.98. The monoisotopic (exact) mass is 464 g/mol. The zero-order valence-corrected chi connectivity index (χ0v) is 18.6. The highest BCUT2D eigenvalue weighted by atomic mass is 32.1. The molecule has 0 saturated carbocycles. The minimum absolute atomic E-state index is 0.194. The van der Waals surface area contributed by atoms with Crippen LogP contribution in [0.25, 0.3) is 0 Å². The van der Waals surface area contributed by atoms with E-state index >= 15 is 0 Å². The molecule has 31 heavy (non-hydrogen) atoms. The van der Waals surface area contributed by atoms with Crippen molar-refractivity contribution >= 4 is 42.3 Å². The Morgan fingerprint density at radius 1 is 0.935 bits per heavy atom. The van der Waals surface area contributed by atoms with Gasteiger partial charge in [0.25, 0.3) is 0 Å². The zero-order valence-electron chi connectivity index (χ0n) is 17.7. The fourth-order valence-electron chi connectivity index (χ4n) is 2.42. The van der Waals surface area contributed by atoms with E-state index < -0.39 is 66.4 Å². The van der Waals surface area contributed by atoms with Crippen LogP contribution in [0.1, 0.15) is 40.0 Å². The normalized spacial score (nSPS) is 16.7. The fraction of sp³-hybridized carbons (Fsp3) is 0.722. The molecule has 0 heterocycles. The molecular weight excluding hydrogens is 432 g/mol. The summed E-state index contributed by atoms with van der Waals surface area (Å²) in [4.78, 5) is 59.4. The Morgan fingerprint density at radius 3 is 1.90 bits per heavy atom. The SMILES string of the molecule is CCC(C)C(N)C(=O)NC(C(=O)NC(CCC(=O)O)C(=O)NC(CS)C(=O)O)C(C)O. The predicted molar refractivity (Wildman–Crippen MR) is 113 cm³/mol. The number of carboxylic acid groups (broad SMARTS) is 2. The molecule has 0 fully saturated rings. The number of amides is 3. The van der Waals surface area contributed by atoms with Crippen LogP contribution in [-0.4, -0.2) is 81.0 Å². The standard InChI is InChI=1S/C18H32N4O8S/c1-4-8(2)13(19)16(27)22-14(9(3)23)17(28)20-10(5-6-12(24)25)15(26)21-11(7-31)18(29)30/h8-11,13-14,23,31H,4-7,19H2,1-3H3,(H,20,28)(H,21,26)(H,22,27)(H,24,25)(H,29,30). The predicted octanol–water partition coefficient (Wildman–Crippen LogP) is -1.93. The molecule has 0 rings (SSSR count). The molecule has 8 N–H and O–H groups in total. The molecular formula is C18H32N4O8S. The van der Waals surface area contributed by atoms with E-state index in [0.717, 1.165) is 0 Å². The van der Waals surface area contributed by atoms with Gasteiger partial charge in [-0.05, 0) is 19.3 Å². The Morgan fingerprint density at radius 2 is 1.48 bits per heavy atom. The van der Waals surface area contributed by atoms with Crippen LogP contribution in [0.2, 0.25) is 0 Å². The first-order valence-corrected chi connectivity index (χ1v) is 10.4. The maximum absolute atomic E-state index is 12.6. The van der Waals surface area contributed by atoms with E-state index in [0.29, 0.717) is 6.42 Å². The second-order valence-electron chi connectivity index (χ2n) is 7.21. The van der Waals surface area contributed by atoms with Crippen LogP contribution in [0.4, 0.5) is 0 Å². The van der Waals surface area contributed by atoms with Gasteiger partial charge in [0, 0.05) is 12.2 Å². The van der Waals surface area contributed by atoms with E-state index in [1.165, 1.54) is 6.92 Å². The van der Waals surface area contributed by atoms with E-state index in [1.54, 1.807) is 6.92 Å². The van der Waals surface area contributed by atoms with Gasteiger partial charge in [-0.3, -0.25) is 19.2 Å². The highest BCUT2D eigenvalue weighted by Crippen LogP contribution is 2.07. The van der Waals surface area contributed by atoms with Crippen molar-refractivity contribution in [3.63, 3.8) is 0 Å². The summed E-state index contributed by atoms with van der Waals surface area (Å²) in [5.74, 6) is -5.61. The summed E-state index contributed by atoms with van der Waals surface area (Å²) >= 11 is 3.82. The first kappa shape index (κ1) is 28.6. The third-order valence-electron chi connectivity index (χ3n) is 4.70. The molecule has 0 spiro atoms. The molecule has 3 amide bonds. The Labute approximate surface area is 185 Å². The van der Waals surface area contributed by atoms with Gasteiger partial charge in [0.15, 0.2) is 0 Å². The highest BCUT2D eigenvalue weighted by molar-refractivity contribution is 7.80. The van der Waals surface area contributed by atoms with E-state index in [4.69, 9.17) is 15.9 Å². The van der Waals surface area contributed by atoms with E-state index in [-0.39, 0.29) is 18.1 Å². The molecule has 6 atom stereocenters. The largest absolute Gasteiger partial charge is 0.481 e. The quantitative estimate of drug-likeness (QED) is 0.134. The van der Waals surface area contributed by atoms with Crippen molar-refractivity contribution in [2.24, 2.45) is 11.7 Å². The van der Waals surface area contributed by atoms with Crippen LogP contribution < -0.4 is 21.7 Å². The van der Waals surface area contributed by atoms with Gasteiger partial charge in [0.05, 0.1) is 12.1 Å². The Bertz CT molecular complexity index is 660. The number of carbonyl (C=O) groups is 5. The average Bonchev–Trinajstić information content (AvgIpc) is 2.70. The molecule has 178 valence electrons. The van der Waals surface area contributed by atoms with Crippen LogP contribution in [-0.2, 0) is 24.0 Å². The van der Waals surface area contributed by atoms with Gasteiger partial charge in [-0.2, -0.15) is 12.6 Å². The number of hydrogen-bond donors (Lipinski definition) is 8. The first-order valence-electron chi connectivity index (χ1n) is 9.75. The summed E-state index contributed by atoms with van der Waals surface area (Å²) in [5, 5.41) is 34.6. The smallest absolute Gasteiger partial charge is 0.327 e. The number of thiol groups is 1. The number of aliphatic hydroxyl groups excluding tert-OH is 1. The van der Waals surface area contributed by atoms with Gasteiger partial charge in [-0.1, -0.05) is 20.3 Å². The molecule has 0 bridgehead atoms. The Hall–Kier alpha value is -2.38. The lowest BCUT2D eigenvalue weighted by Crippen LogP contribution is -2.60. The number of hydrogen-bond acceptors (Lipinski definition) is 8. The van der Waals surface area contributed by atoms with E-state index in [2.05, 4.69) is 28.6 Å². The number of carbonyl (C=O) groups excluding carboxylic acids is 3. The van der Waals surface area contributed by atoms with Gasteiger partial charge < -0.3 is 37.0 Å². The van der Waals surface area contributed by atoms with Crippen LogP contribution in [0, 0.1) is 5.92 Å². The summed E-state index contributed by atoms with van der Waals surface area (Å²) in [5.41, 5.74) is 5.83. The summed E-state index contributed by atoms with van der Waals surface area (Å²) in [7, 11) is 0. The number of rotatable bonds is 14. The van der Waals surface area contributed by atoms with Gasteiger partial charge in [0.2, 0.25) is 17.7 Å². The van der Waals surface area contributed by atoms with Gasteiger partial charge >= 0.3 is 11.9 Å². The lowest BCUT2D eigenvalue weighted by Gasteiger charge is -2.27. The van der Waals surface area contributed by atoms with Gasteiger partial charge in [-0.15, -0.1) is 0 Å². The molecule has 0 aromatic heterocycles. The molecule has 0 aromatic carbocycles. The average molecular weight is 465 g/mol. The van der Waals surface area contributed by atoms with Crippen molar-refractivity contribution in [2.45, 2.75) is 70.3 Å². The van der Waals surface area contributed by atoms with E-state index in [1.807, 2.05) is 6.92 Å². The van der Waals surface area contributed by atoms with Crippen LogP contribution in [0.3, 0.4) is 0 Å². The number of carboxylic acids is 2. The fourth-order valence-corrected chi connectivity index (χ4v) is 2.67. The molecule has 13 heteroatoms. The third kappa shape index (κ3) is 9.98. The van der Waals surface area contributed by atoms with Crippen molar-refractivity contribution in [1.29, 1.82) is 0 Å². The Balaban J connectivity index is 5.44. The minimum Gasteiger partial charge on any atom is -0.481 e. The molecule has 6 unspecified atom stereocenters. The number of aliphatic carboxylic acids is 2. The lowest BCUT2D eigenvalue weighted by molar-refractivity contribution is -0.142. The Kier molecular flexibility index (Phi) is 12.8. The van der Waals surface area contributed by atoms with Crippen LogP contribution >= 0.6 is 12.6 Å². The molecule has 0 aliphatic carbocycles. The molecule has 0 saturated heterocycles. The second-order valence-corrected chi connectivity index (χ2v) is 7.58. The summed E-state index contributed by atoms with van der Waals surface area (Å²) < 4.78 is 0. The van der Waals surface area contributed by atoms with Crippen LogP contribution in [0.15, 0.2) is 0 Å². The van der Waals surface area contributed by atoms with E-state index in [9.17, 15) is 29.1 Å².